The molecule has 0 atom stereocenters. The Labute approximate surface area is 109 Å². The van der Waals surface area contributed by atoms with Crippen LogP contribution in [0.3, 0.4) is 0 Å². The molecule has 0 bridgehead atoms. The van der Waals surface area contributed by atoms with Gasteiger partial charge in [0, 0.05) is 18.2 Å². The maximum atomic E-state index is 5.64. The molecule has 0 heterocycles. The van der Waals surface area contributed by atoms with E-state index in [4.69, 9.17) is 4.74 Å². The number of nitrogens with one attached hydrogen (secondary N) is 1. The number of hydrogen-bond acceptors (Lipinski definition) is 2. The van der Waals surface area contributed by atoms with Crippen molar-refractivity contribution in [3.8, 4) is 5.75 Å². The summed E-state index contributed by atoms with van der Waals surface area (Å²) in [5, 5.41) is 3.51. The molecule has 0 unspecified atom stereocenters. The molecular formula is C16H21NO. The van der Waals surface area contributed by atoms with E-state index in [0.717, 1.165) is 23.9 Å². The van der Waals surface area contributed by atoms with Gasteiger partial charge in [0.25, 0.3) is 0 Å². The van der Waals surface area contributed by atoms with Crippen LogP contribution in [0, 0.1) is 0 Å². The topological polar surface area (TPSA) is 21.3 Å². The molecule has 1 aliphatic carbocycles. The third-order valence-electron chi connectivity index (χ3n) is 2.92. The summed E-state index contributed by atoms with van der Waals surface area (Å²) in [6.07, 6.45) is 6.61. The number of rotatable bonds is 7. The van der Waals surface area contributed by atoms with Gasteiger partial charge in [-0.1, -0.05) is 42.5 Å². The van der Waals surface area contributed by atoms with Crippen molar-refractivity contribution in [2.45, 2.75) is 25.8 Å². The van der Waals surface area contributed by atoms with Crippen LogP contribution in [0.2, 0.25) is 0 Å². The molecule has 1 saturated carbocycles. The van der Waals surface area contributed by atoms with E-state index in [1.165, 1.54) is 18.4 Å². The number of para-hydroxylation sites is 1. The summed E-state index contributed by atoms with van der Waals surface area (Å²) in [5.74, 6) is 0.920. The second-order valence-electron chi connectivity index (χ2n) is 4.78. The fraction of sp³-hybridized carbons (Fsp3) is 0.375. The highest BCUT2D eigenvalue weighted by atomic mass is 16.5. The summed E-state index contributed by atoms with van der Waals surface area (Å²) in [6, 6.07) is 8.86. The largest absolute Gasteiger partial charge is 0.489 e. The SMILES string of the molecule is C=CCOc1ccccc1C=C(C)CNC1CC1. The molecule has 1 aromatic rings. The first-order valence-electron chi connectivity index (χ1n) is 6.53. The van der Waals surface area contributed by atoms with Gasteiger partial charge in [0.1, 0.15) is 12.4 Å². The average molecular weight is 243 g/mol. The third-order valence-corrected chi connectivity index (χ3v) is 2.92. The molecule has 0 aliphatic heterocycles. The average Bonchev–Trinajstić information content (AvgIpc) is 3.19. The Bertz CT molecular complexity index is 432. The molecule has 0 spiro atoms. The zero-order valence-corrected chi connectivity index (χ0v) is 11.0. The fourth-order valence-electron chi connectivity index (χ4n) is 1.79. The Kier molecular flexibility index (Phi) is 4.59. The predicted octanol–water partition coefficient (Wildman–Crippen LogP) is 3.41. The Balaban J connectivity index is 2.00. The second-order valence-corrected chi connectivity index (χ2v) is 4.78. The quantitative estimate of drug-likeness (QED) is 0.741. The number of ether oxygens (including phenoxy) is 1. The van der Waals surface area contributed by atoms with Crippen LogP contribution < -0.4 is 10.1 Å². The molecule has 0 aromatic heterocycles. The van der Waals surface area contributed by atoms with Crippen molar-refractivity contribution in [1.82, 2.24) is 5.32 Å². The molecule has 2 nitrogen and oxygen atoms in total. The van der Waals surface area contributed by atoms with Gasteiger partial charge in [-0.3, -0.25) is 0 Å². The van der Waals surface area contributed by atoms with Gasteiger partial charge in [-0.05, 0) is 25.8 Å². The van der Waals surface area contributed by atoms with Crippen molar-refractivity contribution < 1.29 is 4.74 Å². The molecule has 18 heavy (non-hydrogen) atoms. The lowest BCUT2D eigenvalue weighted by atomic mass is 10.1. The van der Waals surface area contributed by atoms with Gasteiger partial charge in [0.05, 0.1) is 0 Å². The van der Waals surface area contributed by atoms with Crippen LogP contribution >= 0.6 is 0 Å². The van der Waals surface area contributed by atoms with E-state index in [2.05, 4.69) is 31.0 Å². The molecule has 1 aliphatic rings. The van der Waals surface area contributed by atoms with Crippen molar-refractivity contribution >= 4 is 6.08 Å². The Hall–Kier alpha value is -1.54. The van der Waals surface area contributed by atoms with Gasteiger partial charge in [-0.15, -0.1) is 0 Å². The van der Waals surface area contributed by atoms with E-state index in [0.29, 0.717) is 6.61 Å². The molecule has 96 valence electrons. The van der Waals surface area contributed by atoms with Crippen LogP contribution in [0.1, 0.15) is 25.3 Å². The summed E-state index contributed by atoms with van der Waals surface area (Å²) in [5.41, 5.74) is 2.46. The van der Waals surface area contributed by atoms with Crippen LogP contribution in [0.5, 0.6) is 5.75 Å². The second kappa shape index (κ2) is 6.41. The summed E-state index contributed by atoms with van der Waals surface area (Å²) in [4.78, 5) is 0. The minimum absolute atomic E-state index is 0.546. The first kappa shape index (κ1) is 12.9. The van der Waals surface area contributed by atoms with E-state index < -0.39 is 0 Å². The highest BCUT2D eigenvalue weighted by molar-refractivity contribution is 5.59. The highest BCUT2D eigenvalue weighted by Crippen LogP contribution is 2.22. The molecule has 0 saturated heterocycles. The Morgan fingerprint density at radius 1 is 1.44 bits per heavy atom. The van der Waals surface area contributed by atoms with Crippen LogP contribution in [-0.2, 0) is 0 Å². The molecule has 0 amide bonds. The van der Waals surface area contributed by atoms with Gasteiger partial charge in [-0.2, -0.15) is 0 Å². The lowest BCUT2D eigenvalue weighted by molar-refractivity contribution is 0.362. The van der Waals surface area contributed by atoms with Gasteiger partial charge in [0.2, 0.25) is 0 Å². The summed E-state index contributed by atoms with van der Waals surface area (Å²) in [6.45, 7) is 7.33. The summed E-state index contributed by atoms with van der Waals surface area (Å²) < 4.78 is 5.64. The van der Waals surface area contributed by atoms with Crippen LogP contribution in [0.15, 0.2) is 42.5 Å². The maximum Gasteiger partial charge on any atom is 0.126 e. The molecule has 1 N–H and O–H groups in total. The minimum Gasteiger partial charge on any atom is -0.489 e. The highest BCUT2D eigenvalue weighted by Gasteiger charge is 2.19. The van der Waals surface area contributed by atoms with Crippen LogP contribution in [0.4, 0.5) is 0 Å². The standard InChI is InChI=1S/C16H21NO/c1-3-10-18-16-7-5-4-6-14(16)11-13(2)12-17-15-8-9-15/h3-7,11,15,17H,1,8-10,12H2,2H3. The van der Waals surface area contributed by atoms with Crippen molar-refractivity contribution in [1.29, 1.82) is 0 Å². The van der Waals surface area contributed by atoms with Gasteiger partial charge < -0.3 is 10.1 Å². The normalized spacial score (nSPS) is 15.5. The minimum atomic E-state index is 0.546. The van der Waals surface area contributed by atoms with Gasteiger partial charge in [-0.25, -0.2) is 0 Å². The molecule has 1 fully saturated rings. The maximum absolute atomic E-state index is 5.64. The number of benzene rings is 1. The lowest BCUT2D eigenvalue weighted by Crippen LogP contribution is -2.18. The zero-order valence-electron chi connectivity index (χ0n) is 11.0. The van der Waals surface area contributed by atoms with Gasteiger partial charge >= 0.3 is 0 Å². The van der Waals surface area contributed by atoms with E-state index in [1.54, 1.807) is 6.08 Å². The van der Waals surface area contributed by atoms with E-state index in [-0.39, 0.29) is 0 Å². The molecule has 1 aromatic carbocycles. The zero-order chi connectivity index (χ0) is 12.8. The molecule has 2 heteroatoms. The van der Waals surface area contributed by atoms with Crippen LogP contribution in [-0.4, -0.2) is 19.2 Å². The van der Waals surface area contributed by atoms with Crippen LogP contribution in [0.25, 0.3) is 6.08 Å². The molecule has 2 rings (SSSR count). The summed E-state index contributed by atoms with van der Waals surface area (Å²) in [7, 11) is 0. The van der Waals surface area contributed by atoms with E-state index >= 15 is 0 Å². The monoisotopic (exact) mass is 243 g/mol. The third kappa shape index (κ3) is 4.04. The van der Waals surface area contributed by atoms with Crippen molar-refractivity contribution in [3.05, 3.63) is 48.1 Å². The smallest absolute Gasteiger partial charge is 0.126 e. The van der Waals surface area contributed by atoms with E-state index in [1.807, 2.05) is 18.2 Å². The fourth-order valence-corrected chi connectivity index (χ4v) is 1.79. The van der Waals surface area contributed by atoms with Crippen molar-refractivity contribution in [2.24, 2.45) is 0 Å². The lowest BCUT2D eigenvalue weighted by Gasteiger charge is -2.08. The number of hydrogen-bond donors (Lipinski definition) is 1. The summed E-state index contributed by atoms with van der Waals surface area (Å²) >= 11 is 0. The van der Waals surface area contributed by atoms with Crippen molar-refractivity contribution in [3.63, 3.8) is 0 Å². The first-order valence-corrected chi connectivity index (χ1v) is 6.53. The predicted molar refractivity (Wildman–Crippen MR) is 76.8 cm³/mol. The Morgan fingerprint density at radius 3 is 2.94 bits per heavy atom. The first-order chi connectivity index (χ1) is 8.79. The molecular weight excluding hydrogens is 222 g/mol. The Morgan fingerprint density at radius 2 is 2.22 bits per heavy atom. The van der Waals surface area contributed by atoms with Crippen molar-refractivity contribution in [2.75, 3.05) is 13.2 Å². The van der Waals surface area contributed by atoms with E-state index in [9.17, 15) is 0 Å². The van der Waals surface area contributed by atoms with Gasteiger partial charge in [0.15, 0.2) is 0 Å². The molecule has 0 radical (unpaired) electrons.